The van der Waals surface area contributed by atoms with Crippen LogP contribution in [0.5, 0.6) is 5.75 Å². The lowest BCUT2D eigenvalue weighted by molar-refractivity contribution is -0.137. The van der Waals surface area contributed by atoms with Crippen molar-refractivity contribution >= 4 is 14.3 Å². The first-order valence-electron chi connectivity index (χ1n) is 12.5. The Morgan fingerprint density at radius 1 is 0.972 bits per heavy atom. The summed E-state index contributed by atoms with van der Waals surface area (Å²) >= 11 is 0. The zero-order valence-electron chi connectivity index (χ0n) is 20.8. The number of alkyl halides is 3. The summed E-state index contributed by atoms with van der Waals surface area (Å²) in [6.45, 7) is 6.26. The van der Waals surface area contributed by atoms with E-state index in [9.17, 15) is 18.0 Å². The molecule has 0 fully saturated rings. The van der Waals surface area contributed by atoms with Gasteiger partial charge in [0.15, 0.2) is 0 Å². The fourth-order valence-corrected chi connectivity index (χ4v) is 7.30. The van der Waals surface area contributed by atoms with E-state index in [1.165, 1.54) is 12.1 Å². The van der Waals surface area contributed by atoms with Gasteiger partial charge >= 0.3 is 12.1 Å². The highest BCUT2D eigenvalue weighted by Crippen LogP contribution is 2.40. The average molecular weight is 513 g/mol. The van der Waals surface area contributed by atoms with E-state index in [1.54, 1.807) is 12.1 Å². The van der Waals surface area contributed by atoms with Gasteiger partial charge in [0.1, 0.15) is 11.9 Å². The predicted molar refractivity (Wildman–Crippen MR) is 138 cm³/mol. The van der Waals surface area contributed by atoms with Crippen LogP contribution < -0.4 is 4.74 Å². The summed E-state index contributed by atoms with van der Waals surface area (Å²) < 4.78 is 51.7. The molecule has 0 spiro atoms. The van der Waals surface area contributed by atoms with Gasteiger partial charge in [-0.25, -0.2) is 4.79 Å². The van der Waals surface area contributed by atoms with Gasteiger partial charge in [0, 0.05) is 18.4 Å². The molecular formula is C29H31F3O3Si. The fraction of sp³-hybridized carbons (Fsp3) is 0.345. The normalized spacial score (nSPS) is 15.3. The molecule has 3 aromatic carbocycles. The van der Waals surface area contributed by atoms with Crippen molar-refractivity contribution in [3.05, 3.63) is 89.0 Å². The van der Waals surface area contributed by atoms with Gasteiger partial charge in [0.2, 0.25) is 0 Å². The molecule has 1 atom stereocenters. The quantitative estimate of drug-likeness (QED) is 0.286. The molecule has 0 aliphatic carbocycles. The minimum atomic E-state index is -4.37. The molecule has 3 aromatic rings. The maximum Gasteiger partial charge on any atom is 0.416 e. The Balaban J connectivity index is 1.55. The van der Waals surface area contributed by atoms with Crippen LogP contribution in [0.15, 0.2) is 66.7 Å². The Kier molecular flexibility index (Phi) is 7.59. The molecule has 0 saturated carbocycles. The third-order valence-electron chi connectivity index (χ3n) is 7.20. The number of halogens is 3. The Hall–Kier alpha value is -3.06. The van der Waals surface area contributed by atoms with Crippen molar-refractivity contribution in [2.45, 2.75) is 64.0 Å². The fourth-order valence-electron chi connectivity index (χ4n) is 4.85. The van der Waals surface area contributed by atoms with Crippen LogP contribution in [0, 0.1) is 0 Å². The van der Waals surface area contributed by atoms with Gasteiger partial charge in [-0.1, -0.05) is 69.3 Å². The number of ether oxygens (including phenoxy) is 1. The third kappa shape index (κ3) is 5.51. The van der Waals surface area contributed by atoms with Crippen LogP contribution in [0.4, 0.5) is 13.2 Å². The molecule has 1 heterocycles. The molecule has 1 unspecified atom stereocenters. The molecule has 0 amide bonds. The van der Waals surface area contributed by atoms with Crippen LogP contribution in [-0.2, 0) is 23.4 Å². The summed E-state index contributed by atoms with van der Waals surface area (Å²) in [7, 11) is -2.08. The number of para-hydroxylation sites is 1. The zero-order chi connectivity index (χ0) is 25.9. The standard InChI is InChI=1S/C29H31F3O3Si/c1-4-36(5-2,6-3)35-28(33)23-13-8-11-21(18-23)26-15-9-12-22-19-25(34-27(22)26)17-20-10-7-14-24(16-20)29(30,31)32/h7-16,18,25H,4-6,17,19H2,1-3H3. The minimum Gasteiger partial charge on any atom is -0.516 e. The largest absolute Gasteiger partial charge is 0.516 e. The van der Waals surface area contributed by atoms with Crippen LogP contribution in [0.1, 0.15) is 47.8 Å². The number of benzene rings is 3. The van der Waals surface area contributed by atoms with Crippen LogP contribution in [0.2, 0.25) is 18.1 Å². The smallest absolute Gasteiger partial charge is 0.416 e. The van der Waals surface area contributed by atoms with Crippen molar-refractivity contribution < 1.29 is 27.1 Å². The highest BCUT2D eigenvalue weighted by molar-refractivity contribution is 6.75. The van der Waals surface area contributed by atoms with E-state index in [0.717, 1.165) is 46.6 Å². The molecule has 190 valence electrons. The first-order valence-corrected chi connectivity index (χ1v) is 15.0. The molecule has 36 heavy (non-hydrogen) atoms. The van der Waals surface area contributed by atoms with E-state index in [0.29, 0.717) is 24.0 Å². The predicted octanol–water partition coefficient (Wildman–Crippen LogP) is 8.08. The van der Waals surface area contributed by atoms with E-state index in [1.807, 2.05) is 36.4 Å². The lowest BCUT2D eigenvalue weighted by Gasteiger charge is -2.27. The number of fused-ring (bicyclic) bond motifs is 1. The Labute approximate surface area is 211 Å². The molecular weight excluding hydrogens is 481 g/mol. The number of hydrogen-bond donors (Lipinski definition) is 0. The molecule has 0 radical (unpaired) electrons. The second kappa shape index (κ2) is 10.5. The summed E-state index contributed by atoms with van der Waals surface area (Å²) in [5, 5.41) is 0. The van der Waals surface area contributed by atoms with Crippen molar-refractivity contribution in [3.63, 3.8) is 0 Å². The average Bonchev–Trinajstić information content (AvgIpc) is 3.29. The Bertz CT molecular complexity index is 1230. The van der Waals surface area contributed by atoms with Crippen molar-refractivity contribution in [1.82, 2.24) is 0 Å². The first-order chi connectivity index (χ1) is 17.2. The number of rotatable bonds is 8. The molecule has 0 aromatic heterocycles. The SMILES string of the molecule is CC[Si](CC)(CC)OC(=O)c1cccc(-c2cccc3c2OC(Cc2cccc(C(F)(F)F)c2)C3)c1. The lowest BCUT2D eigenvalue weighted by atomic mass is 9.98. The van der Waals surface area contributed by atoms with E-state index >= 15 is 0 Å². The van der Waals surface area contributed by atoms with Crippen LogP contribution in [0.3, 0.4) is 0 Å². The van der Waals surface area contributed by atoms with Gasteiger partial charge in [0.05, 0.1) is 11.1 Å². The van der Waals surface area contributed by atoms with Crippen molar-refractivity contribution in [3.8, 4) is 16.9 Å². The summed E-state index contributed by atoms with van der Waals surface area (Å²) in [6, 6.07) is 21.3. The highest BCUT2D eigenvalue weighted by Gasteiger charge is 2.34. The van der Waals surface area contributed by atoms with Gasteiger partial charge in [-0.2, -0.15) is 13.2 Å². The molecule has 1 aliphatic rings. The maximum absolute atomic E-state index is 13.1. The number of carbonyl (C=O) groups is 1. The summed E-state index contributed by atoms with van der Waals surface area (Å²) in [4.78, 5) is 13.0. The molecule has 4 rings (SSSR count). The Morgan fingerprint density at radius 3 is 2.36 bits per heavy atom. The van der Waals surface area contributed by atoms with Gasteiger partial charge in [0.25, 0.3) is 8.32 Å². The minimum absolute atomic E-state index is 0.261. The van der Waals surface area contributed by atoms with Gasteiger partial charge < -0.3 is 9.16 Å². The van der Waals surface area contributed by atoms with Crippen molar-refractivity contribution in [2.24, 2.45) is 0 Å². The summed E-state index contributed by atoms with van der Waals surface area (Å²) in [5.41, 5.74) is 3.16. The highest BCUT2D eigenvalue weighted by atomic mass is 28.4. The summed E-state index contributed by atoms with van der Waals surface area (Å²) in [5.74, 6) is 0.435. The maximum atomic E-state index is 13.1. The van der Waals surface area contributed by atoms with E-state index in [2.05, 4.69) is 20.8 Å². The van der Waals surface area contributed by atoms with Crippen molar-refractivity contribution in [1.29, 1.82) is 0 Å². The molecule has 1 aliphatic heterocycles. The number of hydrogen-bond acceptors (Lipinski definition) is 3. The molecule has 7 heteroatoms. The first kappa shape index (κ1) is 26.0. The van der Waals surface area contributed by atoms with Crippen LogP contribution in [-0.4, -0.2) is 20.4 Å². The summed E-state index contributed by atoms with van der Waals surface area (Å²) in [6.07, 6.45) is -3.65. The van der Waals surface area contributed by atoms with Gasteiger partial charge in [-0.15, -0.1) is 0 Å². The van der Waals surface area contributed by atoms with E-state index in [4.69, 9.17) is 9.16 Å². The second-order valence-electron chi connectivity index (χ2n) is 9.35. The zero-order valence-corrected chi connectivity index (χ0v) is 21.8. The molecule has 0 saturated heterocycles. The van der Waals surface area contributed by atoms with Crippen LogP contribution in [0.25, 0.3) is 11.1 Å². The van der Waals surface area contributed by atoms with Crippen LogP contribution >= 0.6 is 0 Å². The van der Waals surface area contributed by atoms with Gasteiger partial charge in [-0.05, 0) is 53.0 Å². The monoisotopic (exact) mass is 512 g/mol. The van der Waals surface area contributed by atoms with Crippen molar-refractivity contribution in [2.75, 3.05) is 0 Å². The third-order valence-corrected chi connectivity index (χ3v) is 11.7. The molecule has 0 bridgehead atoms. The van der Waals surface area contributed by atoms with Gasteiger partial charge in [-0.3, -0.25) is 0 Å². The molecule has 0 N–H and O–H groups in total. The number of carbonyl (C=O) groups excluding carboxylic acids is 1. The Morgan fingerprint density at radius 2 is 1.67 bits per heavy atom. The van der Waals surface area contributed by atoms with E-state index in [-0.39, 0.29) is 12.1 Å². The lowest BCUT2D eigenvalue weighted by Crippen LogP contribution is -2.38. The molecule has 3 nitrogen and oxygen atoms in total. The topological polar surface area (TPSA) is 35.5 Å². The second-order valence-corrected chi connectivity index (χ2v) is 14.0. The van der Waals surface area contributed by atoms with E-state index < -0.39 is 20.1 Å².